The van der Waals surface area contributed by atoms with Gasteiger partial charge in [-0.15, -0.1) is 0 Å². The lowest BCUT2D eigenvalue weighted by Gasteiger charge is -2.16. The number of carbonyl (C=O) groups excluding carboxylic acids is 1. The summed E-state index contributed by atoms with van der Waals surface area (Å²) in [4.78, 5) is 18.0. The Labute approximate surface area is 154 Å². The first kappa shape index (κ1) is 16.9. The minimum Gasteiger partial charge on any atom is -0.444 e. The molecule has 1 atom stereocenters. The third kappa shape index (κ3) is 3.26. The Bertz CT molecular complexity index is 972. The monoisotopic (exact) mass is 423 g/mol. The molecule has 1 saturated heterocycles. The zero-order valence-electron chi connectivity index (χ0n) is 13.3. The quantitative estimate of drug-likeness (QED) is 0.636. The van der Waals surface area contributed by atoms with Gasteiger partial charge >= 0.3 is 0 Å². The molecule has 0 saturated carbocycles. The van der Waals surface area contributed by atoms with E-state index in [2.05, 4.69) is 26.1 Å². The number of halogens is 3. The van der Waals surface area contributed by atoms with E-state index in [-0.39, 0.29) is 36.2 Å². The van der Waals surface area contributed by atoms with Gasteiger partial charge in [-0.25, -0.2) is 8.78 Å². The Morgan fingerprint density at radius 2 is 2.12 bits per heavy atom. The Balaban J connectivity index is 1.48. The smallest absolute Gasteiger partial charge is 0.293 e. The first-order valence-electron chi connectivity index (χ1n) is 7.80. The summed E-state index contributed by atoms with van der Waals surface area (Å²) in [6, 6.07) is 6.71. The molecule has 1 aliphatic rings. The molecular weight excluding hydrogens is 412 g/mol. The van der Waals surface area contributed by atoms with Crippen LogP contribution in [0.3, 0.4) is 0 Å². The third-order valence-electron chi connectivity index (χ3n) is 4.18. The van der Waals surface area contributed by atoms with Crippen molar-refractivity contribution in [2.75, 3.05) is 6.54 Å². The van der Waals surface area contributed by atoms with Crippen LogP contribution in [0.1, 0.15) is 23.7 Å². The van der Waals surface area contributed by atoms with E-state index in [1.807, 2.05) is 0 Å². The first-order chi connectivity index (χ1) is 12.5. The Morgan fingerprint density at radius 3 is 2.85 bits per heavy atom. The third-order valence-corrected chi connectivity index (χ3v) is 4.61. The van der Waals surface area contributed by atoms with Crippen molar-refractivity contribution in [1.82, 2.24) is 15.0 Å². The molecule has 0 aliphatic carbocycles. The Hall–Kier alpha value is -2.55. The van der Waals surface area contributed by atoms with Crippen molar-refractivity contribution < 1.29 is 22.5 Å². The van der Waals surface area contributed by atoms with Gasteiger partial charge in [-0.05, 0) is 34.1 Å². The number of benzene rings is 1. The summed E-state index contributed by atoms with van der Waals surface area (Å²) in [5, 5.41) is 3.92. The van der Waals surface area contributed by atoms with Crippen molar-refractivity contribution in [2.24, 2.45) is 0 Å². The van der Waals surface area contributed by atoms with Crippen molar-refractivity contribution >= 4 is 21.8 Å². The summed E-state index contributed by atoms with van der Waals surface area (Å²) in [6.07, 6.45) is 0.198. The number of furan rings is 1. The molecule has 0 radical (unpaired) electrons. The molecule has 1 aromatic carbocycles. The second-order valence-electron chi connectivity index (χ2n) is 5.97. The van der Waals surface area contributed by atoms with Crippen molar-refractivity contribution in [3.05, 3.63) is 58.0 Å². The molecule has 9 heteroatoms. The first-order valence-corrected chi connectivity index (χ1v) is 8.60. The predicted molar refractivity (Wildman–Crippen MR) is 88.8 cm³/mol. The molecule has 26 heavy (non-hydrogen) atoms. The summed E-state index contributed by atoms with van der Waals surface area (Å²) < 4.78 is 37.9. The van der Waals surface area contributed by atoms with Crippen molar-refractivity contribution in [3.8, 4) is 11.7 Å². The summed E-state index contributed by atoms with van der Waals surface area (Å²) in [5.41, 5.74) is 0.259. The molecule has 1 amide bonds. The van der Waals surface area contributed by atoms with Gasteiger partial charge in [0.1, 0.15) is 11.6 Å². The second kappa shape index (κ2) is 6.64. The lowest BCUT2D eigenvalue weighted by atomic mass is 10.1. The highest BCUT2D eigenvalue weighted by Crippen LogP contribution is 2.30. The van der Waals surface area contributed by atoms with E-state index in [0.29, 0.717) is 22.8 Å². The summed E-state index contributed by atoms with van der Waals surface area (Å²) in [6.45, 7) is 0.397. The predicted octanol–water partition coefficient (Wildman–Crippen LogP) is 3.89. The molecule has 134 valence electrons. The minimum absolute atomic E-state index is 0.0668. The van der Waals surface area contributed by atoms with Crippen molar-refractivity contribution in [1.29, 1.82) is 0 Å². The van der Waals surface area contributed by atoms with E-state index in [1.165, 1.54) is 17.0 Å². The lowest BCUT2D eigenvalue weighted by Crippen LogP contribution is -2.25. The molecule has 0 spiro atoms. The number of hydrogen-bond donors (Lipinski definition) is 0. The maximum Gasteiger partial charge on any atom is 0.293 e. The fourth-order valence-corrected chi connectivity index (χ4v) is 3.19. The molecular formula is C17H12BrF2N3O3. The Kier molecular flexibility index (Phi) is 4.31. The standard InChI is InChI=1S/C17H12BrF2N3O3/c18-14-4-3-13(25-14)17-21-16(22-26-17)10-5-15(24)23(8-10)7-9-1-2-11(19)6-12(9)20/h1-4,6,10H,5,7-8H2. The second-order valence-corrected chi connectivity index (χ2v) is 6.75. The van der Waals surface area contributed by atoms with Crippen LogP contribution in [0.25, 0.3) is 11.7 Å². The van der Waals surface area contributed by atoms with Crippen LogP contribution in [0.2, 0.25) is 0 Å². The van der Waals surface area contributed by atoms with Gasteiger partial charge in [0.25, 0.3) is 5.89 Å². The van der Waals surface area contributed by atoms with Gasteiger partial charge in [0.05, 0.1) is 0 Å². The molecule has 3 aromatic rings. The van der Waals surface area contributed by atoms with Crippen LogP contribution in [-0.2, 0) is 11.3 Å². The minimum atomic E-state index is -0.675. The van der Waals surface area contributed by atoms with Gasteiger partial charge in [-0.2, -0.15) is 4.98 Å². The van der Waals surface area contributed by atoms with E-state index in [9.17, 15) is 13.6 Å². The largest absolute Gasteiger partial charge is 0.444 e. The maximum absolute atomic E-state index is 13.8. The maximum atomic E-state index is 13.8. The van der Waals surface area contributed by atoms with E-state index < -0.39 is 11.6 Å². The van der Waals surface area contributed by atoms with E-state index >= 15 is 0 Å². The highest BCUT2D eigenvalue weighted by Gasteiger charge is 2.34. The molecule has 0 bridgehead atoms. The molecule has 0 N–H and O–H groups in total. The number of likely N-dealkylation sites (tertiary alicyclic amines) is 1. The molecule has 3 heterocycles. The molecule has 4 rings (SSSR count). The van der Waals surface area contributed by atoms with Crippen LogP contribution < -0.4 is 0 Å². The van der Waals surface area contributed by atoms with Crippen LogP contribution in [-0.4, -0.2) is 27.5 Å². The number of rotatable bonds is 4. The fraction of sp³-hybridized carbons (Fsp3) is 0.235. The van der Waals surface area contributed by atoms with Gasteiger partial charge in [-0.1, -0.05) is 11.2 Å². The van der Waals surface area contributed by atoms with Gasteiger partial charge in [-0.3, -0.25) is 4.79 Å². The van der Waals surface area contributed by atoms with E-state index in [4.69, 9.17) is 8.94 Å². The van der Waals surface area contributed by atoms with Crippen LogP contribution in [0.4, 0.5) is 8.78 Å². The van der Waals surface area contributed by atoms with Gasteiger partial charge < -0.3 is 13.8 Å². The SMILES string of the molecule is O=C1CC(c2noc(-c3ccc(Br)o3)n2)CN1Cc1ccc(F)cc1F. The summed E-state index contributed by atoms with van der Waals surface area (Å²) >= 11 is 3.20. The molecule has 2 aromatic heterocycles. The fourth-order valence-electron chi connectivity index (χ4n) is 2.88. The van der Waals surface area contributed by atoms with E-state index in [1.54, 1.807) is 12.1 Å². The number of amides is 1. The average molecular weight is 424 g/mol. The van der Waals surface area contributed by atoms with Crippen LogP contribution >= 0.6 is 15.9 Å². The van der Waals surface area contributed by atoms with E-state index in [0.717, 1.165) is 6.07 Å². The van der Waals surface area contributed by atoms with Crippen molar-refractivity contribution in [3.63, 3.8) is 0 Å². The topological polar surface area (TPSA) is 72.4 Å². The highest BCUT2D eigenvalue weighted by molar-refractivity contribution is 9.10. The van der Waals surface area contributed by atoms with Crippen LogP contribution in [0.15, 0.2) is 43.9 Å². The van der Waals surface area contributed by atoms with Gasteiger partial charge in [0.2, 0.25) is 5.91 Å². The number of carbonyl (C=O) groups is 1. The number of nitrogens with zero attached hydrogens (tertiary/aromatic N) is 3. The molecule has 1 unspecified atom stereocenters. The zero-order chi connectivity index (χ0) is 18.3. The number of aromatic nitrogens is 2. The Morgan fingerprint density at radius 1 is 1.27 bits per heavy atom. The average Bonchev–Trinajstić information content (AvgIpc) is 3.30. The number of hydrogen-bond acceptors (Lipinski definition) is 5. The lowest BCUT2D eigenvalue weighted by molar-refractivity contribution is -0.128. The van der Waals surface area contributed by atoms with Gasteiger partial charge in [0, 0.05) is 37.1 Å². The van der Waals surface area contributed by atoms with Crippen LogP contribution in [0, 0.1) is 11.6 Å². The summed E-state index contributed by atoms with van der Waals surface area (Å²) in [7, 11) is 0. The molecule has 1 aliphatic heterocycles. The highest BCUT2D eigenvalue weighted by atomic mass is 79.9. The van der Waals surface area contributed by atoms with Crippen LogP contribution in [0.5, 0.6) is 0 Å². The molecule has 6 nitrogen and oxygen atoms in total. The van der Waals surface area contributed by atoms with Crippen molar-refractivity contribution in [2.45, 2.75) is 18.9 Å². The zero-order valence-corrected chi connectivity index (χ0v) is 14.9. The summed E-state index contributed by atoms with van der Waals surface area (Å²) in [5.74, 6) is -0.700. The molecule has 1 fully saturated rings. The van der Waals surface area contributed by atoms with Gasteiger partial charge in [0.15, 0.2) is 16.3 Å². The normalized spacial score (nSPS) is 17.3.